The van der Waals surface area contributed by atoms with Crippen molar-refractivity contribution in [2.75, 3.05) is 39.3 Å². The van der Waals surface area contributed by atoms with E-state index in [-0.39, 0.29) is 6.09 Å². The number of benzene rings is 1. The molecule has 1 aromatic carbocycles. The van der Waals surface area contributed by atoms with Gasteiger partial charge >= 0.3 is 6.09 Å². The van der Waals surface area contributed by atoms with Gasteiger partial charge in [0, 0.05) is 49.8 Å². The summed E-state index contributed by atoms with van der Waals surface area (Å²) in [6.45, 7) is 6.66. The minimum absolute atomic E-state index is 0.182. The van der Waals surface area contributed by atoms with E-state index in [1.807, 2.05) is 6.92 Å². The van der Waals surface area contributed by atoms with E-state index in [9.17, 15) is 4.79 Å². The number of ether oxygens (including phenoxy) is 1. The minimum atomic E-state index is -0.182. The van der Waals surface area contributed by atoms with Gasteiger partial charge in [-0.1, -0.05) is 18.2 Å². The van der Waals surface area contributed by atoms with Crippen molar-refractivity contribution in [3.05, 3.63) is 36.0 Å². The van der Waals surface area contributed by atoms with Gasteiger partial charge in [0.05, 0.1) is 6.61 Å². The molecule has 2 aromatic rings. The first-order chi connectivity index (χ1) is 10.8. The fourth-order valence-corrected chi connectivity index (χ4v) is 2.99. The van der Waals surface area contributed by atoms with E-state index in [0.717, 1.165) is 39.1 Å². The number of carbonyl (C=O) groups excluding carboxylic acids is 1. The molecule has 1 fully saturated rings. The zero-order valence-corrected chi connectivity index (χ0v) is 13.0. The van der Waals surface area contributed by atoms with Crippen molar-refractivity contribution in [1.29, 1.82) is 0 Å². The Labute approximate surface area is 130 Å². The lowest BCUT2D eigenvalue weighted by Crippen LogP contribution is -2.49. The van der Waals surface area contributed by atoms with Gasteiger partial charge < -0.3 is 14.6 Å². The maximum atomic E-state index is 11.7. The van der Waals surface area contributed by atoms with E-state index in [4.69, 9.17) is 4.74 Å². The summed E-state index contributed by atoms with van der Waals surface area (Å²) in [6, 6.07) is 8.41. The second kappa shape index (κ2) is 6.83. The molecule has 3 rings (SSSR count). The Hall–Kier alpha value is -2.01. The summed E-state index contributed by atoms with van der Waals surface area (Å²) in [5.74, 6) is 0. The van der Waals surface area contributed by atoms with Gasteiger partial charge in [-0.2, -0.15) is 0 Å². The summed E-state index contributed by atoms with van der Waals surface area (Å²) < 4.78 is 5.05. The lowest BCUT2D eigenvalue weighted by atomic mass is 10.1. The molecule has 22 heavy (non-hydrogen) atoms. The zero-order valence-electron chi connectivity index (χ0n) is 13.0. The number of hydrogen-bond acceptors (Lipinski definition) is 3. The predicted molar refractivity (Wildman–Crippen MR) is 87.0 cm³/mol. The Balaban J connectivity index is 1.50. The fraction of sp³-hybridized carbons (Fsp3) is 0.471. The summed E-state index contributed by atoms with van der Waals surface area (Å²) >= 11 is 0. The number of hydrogen-bond donors (Lipinski definition) is 1. The van der Waals surface area contributed by atoms with Crippen molar-refractivity contribution in [2.24, 2.45) is 0 Å². The summed E-state index contributed by atoms with van der Waals surface area (Å²) in [5, 5.41) is 1.31. The molecule has 0 spiro atoms. The first kappa shape index (κ1) is 14.9. The van der Waals surface area contributed by atoms with Crippen LogP contribution in [0.15, 0.2) is 30.5 Å². The number of piperazine rings is 1. The lowest BCUT2D eigenvalue weighted by molar-refractivity contribution is 0.0800. The molecule has 1 aliphatic heterocycles. The van der Waals surface area contributed by atoms with Crippen LogP contribution in [0.5, 0.6) is 0 Å². The number of aromatic nitrogens is 1. The average molecular weight is 301 g/mol. The van der Waals surface area contributed by atoms with Gasteiger partial charge in [0.1, 0.15) is 0 Å². The van der Waals surface area contributed by atoms with Crippen LogP contribution in [0.2, 0.25) is 0 Å². The van der Waals surface area contributed by atoms with Crippen LogP contribution in [0.4, 0.5) is 4.79 Å². The van der Waals surface area contributed by atoms with E-state index in [2.05, 4.69) is 40.3 Å². The van der Waals surface area contributed by atoms with E-state index in [0.29, 0.717) is 6.61 Å². The molecule has 1 saturated heterocycles. The van der Waals surface area contributed by atoms with Gasteiger partial charge in [-0.25, -0.2) is 4.79 Å². The minimum Gasteiger partial charge on any atom is -0.450 e. The van der Waals surface area contributed by atoms with Crippen molar-refractivity contribution in [3.8, 4) is 0 Å². The van der Waals surface area contributed by atoms with Crippen molar-refractivity contribution in [2.45, 2.75) is 13.3 Å². The van der Waals surface area contributed by atoms with Crippen LogP contribution in [-0.4, -0.2) is 60.2 Å². The zero-order chi connectivity index (χ0) is 15.4. The normalized spacial score (nSPS) is 16.1. The maximum absolute atomic E-state index is 11.7. The SMILES string of the molecule is CCOC(=O)N1CCN(CCc2c[nH]c3ccccc23)CC1. The highest BCUT2D eigenvalue weighted by Crippen LogP contribution is 2.18. The highest BCUT2D eigenvalue weighted by molar-refractivity contribution is 5.83. The Kier molecular flexibility index (Phi) is 4.63. The predicted octanol–water partition coefficient (Wildman–Crippen LogP) is 2.48. The summed E-state index contributed by atoms with van der Waals surface area (Å²) in [7, 11) is 0. The van der Waals surface area contributed by atoms with Crippen LogP contribution in [0.1, 0.15) is 12.5 Å². The molecule has 2 heterocycles. The second-order valence-corrected chi connectivity index (χ2v) is 5.64. The van der Waals surface area contributed by atoms with Gasteiger partial charge in [-0.05, 0) is 25.0 Å². The monoisotopic (exact) mass is 301 g/mol. The molecule has 0 atom stereocenters. The Bertz CT molecular complexity index is 630. The largest absolute Gasteiger partial charge is 0.450 e. The molecule has 1 aliphatic rings. The molecule has 0 bridgehead atoms. The van der Waals surface area contributed by atoms with Crippen molar-refractivity contribution < 1.29 is 9.53 Å². The number of fused-ring (bicyclic) bond motifs is 1. The van der Waals surface area contributed by atoms with Gasteiger partial charge in [0.15, 0.2) is 0 Å². The third kappa shape index (κ3) is 3.25. The molecule has 0 saturated carbocycles. The number of amides is 1. The molecule has 5 nitrogen and oxygen atoms in total. The summed E-state index contributed by atoms with van der Waals surface area (Å²) in [6.07, 6.45) is 2.96. The Morgan fingerprint density at radius 2 is 2.00 bits per heavy atom. The molecule has 0 aliphatic carbocycles. The molecule has 1 aromatic heterocycles. The number of nitrogens with zero attached hydrogens (tertiary/aromatic N) is 2. The molecular weight excluding hydrogens is 278 g/mol. The first-order valence-corrected chi connectivity index (χ1v) is 7.97. The highest BCUT2D eigenvalue weighted by Gasteiger charge is 2.21. The van der Waals surface area contributed by atoms with Crippen molar-refractivity contribution >= 4 is 17.0 Å². The quantitative estimate of drug-likeness (QED) is 0.944. The van der Waals surface area contributed by atoms with E-state index >= 15 is 0 Å². The van der Waals surface area contributed by atoms with Gasteiger partial charge in [-0.3, -0.25) is 4.90 Å². The molecular formula is C17H23N3O2. The molecule has 1 N–H and O–H groups in total. The lowest BCUT2D eigenvalue weighted by Gasteiger charge is -2.33. The fourth-order valence-electron chi connectivity index (χ4n) is 2.99. The van der Waals surface area contributed by atoms with Crippen LogP contribution in [0.25, 0.3) is 10.9 Å². The molecule has 118 valence electrons. The number of rotatable bonds is 4. The van der Waals surface area contributed by atoms with E-state index in [1.54, 1.807) is 4.90 Å². The molecule has 5 heteroatoms. The standard InChI is InChI=1S/C17H23N3O2/c1-2-22-17(21)20-11-9-19(10-12-20)8-7-14-13-18-16-6-4-3-5-15(14)16/h3-6,13,18H,2,7-12H2,1H3. The molecule has 0 radical (unpaired) electrons. The van der Waals surface area contributed by atoms with Gasteiger partial charge in [0.2, 0.25) is 0 Å². The van der Waals surface area contributed by atoms with Crippen molar-refractivity contribution in [3.63, 3.8) is 0 Å². The second-order valence-electron chi connectivity index (χ2n) is 5.64. The Morgan fingerprint density at radius 3 is 2.77 bits per heavy atom. The molecule has 0 unspecified atom stereocenters. The third-order valence-electron chi connectivity index (χ3n) is 4.27. The average Bonchev–Trinajstić information content (AvgIpc) is 2.97. The number of aromatic amines is 1. The van der Waals surface area contributed by atoms with Crippen LogP contribution in [0.3, 0.4) is 0 Å². The van der Waals surface area contributed by atoms with Crippen molar-refractivity contribution in [1.82, 2.24) is 14.8 Å². The number of H-pyrrole nitrogens is 1. The van der Waals surface area contributed by atoms with E-state index in [1.165, 1.54) is 16.5 Å². The van der Waals surface area contributed by atoms with E-state index < -0.39 is 0 Å². The Morgan fingerprint density at radius 1 is 1.23 bits per heavy atom. The molecule has 1 amide bonds. The van der Waals surface area contributed by atoms with Crippen LogP contribution >= 0.6 is 0 Å². The third-order valence-corrected chi connectivity index (χ3v) is 4.27. The van der Waals surface area contributed by atoms with Gasteiger partial charge in [0.25, 0.3) is 0 Å². The summed E-state index contributed by atoms with van der Waals surface area (Å²) in [4.78, 5) is 19.2. The van der Waals surface area contributed by atoms with Crippen LogP contribution < -0.4 is 0 Å². The highest BCUT2D eigenvalue weighted by atomic mass is 16.6. The maximum Gasteiger partial charge on any atom is 0.409 e. The van der Waals surface area contributed by atoms with Crippen LogP contribution in [-0.2, 0) is 11.2 Å². The number of nitrogens with one attached hydrogen (secondary N) is 1. The van der Waals surface area contributed by atoms with Gasteiger partial charge in [-0.15, -0.1) is 0 Å². The number of carbonyl (C=O) groups is 1. The van der Waals surface area contributed by atoms with Crippen LogP contribution in [0, 0.1) is 0 Å². The summed E-state index contributed by atoms with van der Waals surface area (Å²) in [5.41, 5.74) is 2.56. The first-order valence-electron chi connectivity index (χ1n) is 7.97. The topological polar surface area (TPSA) is 48.6 Å². The number of para-hydroxylation sites is 1. The smallest absolute Gasteiger partial charge is 0.409 e.